The van der Waals surface area contributed by atoms with Gasteiger partial charge in [0.05, 0.1) is 33.7 Å². The van der Waals surface area contributed by atoms with Gasteiger partial charge in [0.1, 0.15) is 0 Å². The van der Waals surface area contributed by atoms with Crippen molar-refractivity contribution in [3.63, 3.8) is 0 Å². The molecule has 0 amide bonds. The number of benzene rings is 2. The number of nitrogens with zero attached hydrogens (tertiary/aromatic N) is 3. The van der Waals surface area contributed by atoms with Gasteiger partial charge < -0.3 is 11.5 Å². The van der Waals surface area contributed by atoms with Crippen LogP contribution in [0.25, 0.3) is 32.7 Å². The predicted molar refractivity (Wildman–Crippen MR) is 131 cm³/mol. The second kappa shape index (κ2) is 9.15. The lowest BCUT2D eigenvalue weighted by Gasteiger charge is -2.21. The number of fused-ring (bicyclic) bond motifs is 1. The highest BCUT2D eigenvalue weighted by molar-refractivity contribution is 7.17. The molecule has 0 bridgehead atoms. The molecule has 2 atom stereocenters. The van der Waals surface area contributed by atoms with Crippen LogP contribution in [0.1, 0.15) is 17.3 Å². The van der Waals surface area contributed by atoms with Crippen molar-refractivity contribution in [3.8, 4) is 22.5 Å². The highest BCUT2D eigenvalue weighted by Crippen LogP contribution is 2.37. The van der Waals surface area contributed by atoms with Crippen LogP contribution in [0.2, 0.25) is 0 Å². The third kappa shape index (κ3) is 4.26. The number of rotatable bonds is 6. The summed E-state index contributed by atoms with van der Waals surface area (Å²) in [6, 6.07) is 20.6. The van der Waals surface area contributed by atoms with Crippen molar-refractivity contribution >= 4 is 21.6 Å². The Bertz CT molecular complexity index is 1390. The van der Waals surface area contributed by atoms with Crippen LogP contribution in [0.3, 0.4) is 0 Å². The molecule has 0 spiro atoms. The van der Waals surface area contributed by atoms with Crippen LogP contribution in [0, 0.1) is 5.82 Å². The summed E-state index contributed by atoms with van der Waals surface area (Å²) in [6.07, 6.45) is 3.29. The molecular weight excluding hydrogens is 433 g/mol. The summed E-state index contributed by atoms with van der Waals surface area (Å²) in [5.41, 5.74) is 17.9. The summed E-state index contributed by atoms with van der Waals surface area (Å²) in [7, 11) is 0. The van der Waals surface area contributed by atoms with E-state index in [-0.39, 0.29) is 17.4 Å². The van der Waals surface area contributed by atoms with Gasteiger partial charge in [0.2, 0.25) is 0 Å². The minimum absolute atomic E-state index is 0.273. The van der Waals surface area contributed by atoms with E-state index < -0.39 is 11.9 Å². The molecule has 2 unspecified atom stereocenters. The van der Waals surface area contributed by atoms with Gasteiger partial charge in [0.25, 0.3) is 0 Å². The molecule has 164 valence electrons. The topological polar surface area (TPSA) is 90.7 Å². The van der Waals surface area contributed by atoms with E-state index in [0.717, 1.165) is 33.1 Å². The highest BCUT2D eigenvalue weighted by Gasteiger charge is 2.24. The SMILES string of the molecule is NC(Cc1ccccc1)C(N)c1nc(-c2ccncc2F)nc2c(-c3ccccc3)csc12. The lowest BCUT2D eigenvalue weighted by molar-refractivity contribution is 0.536. The molecule has 5 aromatic rings. The second-order valence-electron chi connectivity index (χ2n) is 7.86. The van der Waals surface area contributed by atoms with Crippen molar-refractivity contribution < 1.29 is 4.39 Å². The van der Waals surface area contributed by atoms with Gasteiger partial charge in [0.15, 0.2) is 11.6 Å². The number of thiophene rings is 1. The van der Waals surface area contributed by atoms with Crippen LogP contribution in [-0.4, -0.2) is 21.0 Å². The average molecular weight is 456 g/mol. The van der Waals surface area contributed by atoms with Gasteiger partial charge >= 0.3 is 0 Å². The Morgan fingerprint density at radius 2 is 1.61 bits per heavy atom. The molecule has 0 aliphatic heterocycles. The standard InChI is InChI=1S/C26H22FN5S/c27-20-14-30-12-11-18(20)26-31-23-19(17-9-5-2-6-10-17)15-33-25(23)24(32-26)22(29)21(28)13-16-7-3-1-4-8-16/h1-12,14-15,21-22H,13,28-29H2. The maximum Gasteiger partial charge on any atom is 0.163 e. The normalized spacial score (nSPS) is 13.2. The van der Waals surface area contributed by atoms with E-state index in [1.165, 1.54) is 17.5 Å². The number of hydrogen-bond donors (Lipinski definition) is 2. The van der Waals surface area contributed by atoms with E-state index in [2.05, 4.69) is 4.98 Å². The third-order valence-corrected chi connectivity index (χ3v) is 6.62. The fraction of sp³-hybridized carbons (Fsp3) is 0.115. The van der Waals surface area contributed by atoms with Crippen LogP contribution >= 0.6 is 11.3 Å². The molecule has 0 saturated carbocycles. The Balaban J connectivity index is 1.65. The number of pyridine rings is 1. The molecule has 3 aromatic heterocycles. The first-order valence-electron chi connectivity index (χ1n) is 10.6. The molecule has 7 heteroatoms. The first-order valence-corrected chi connectivity index (χ1v) is 11.5. The van der Waals surface area contributed by atoms with Gasteiger partial charge in [-0.25, -0.2) is 14.4 Å². The predicted octanol–water partition coefficient (Wildman–Crippen LogP) is 5.13. The molecule has 0 radical (unpaired) electrons. The summed E-state index contributed by atoms with van der Waals surface area (Å²) in [4.78, 5) is 13.3. The van der Waals surface area contributed by atoms with Gasteiger partial charge in [-0.1, -0.05) is 60.7 Å². The van der Waals surface area contributed by atoms with Crippen LogP contribution in [-0.2, 0) is 6.42 Å². The van der Waals surface area contributed by atoms with Crippen LogP contribution in [0.4, 0.5) is 4.39 Å². The summed E-state index contributed by atoms with van der Waals surface area (Å²) >= 11 is 1.53. The van der Waals surface area contributed by atoms with Crippen LogP contribution in [0.15, 0.2) is 84.5 Å². The van der Waals surface area contributed by atoms with Crippen molar-refractivity contribution in [2.75, 3.05) is 0 Å². The fourth-order valence-electron chi connectivity index (χ4n) is 3.88. The highest BCUT2D eigenvalue weighted by atomic mass is 32.1. The summed E-state index contributed by atoms with van der Waals surface area (Å²) in [5.74, 6) is -0.211. The summed E-state index contributed by atoms with van der Waals surface area (Å²) in [5, 5.41) is 2.04. The fourth-order valence-corrected chi connectivity index (χ4v) is 4.93. The van der Waals surface area contributed by atoms with Gasteiger partial charge in [-0.3, -0.25) is 4.98 Å². The molecule has 0 saturated heterocycles. The zero-order valence-electron chi connectivity index (χ0n) is 17.7. The van der Waals surface area contributed by atoms with Gasteiger partial charge in [-0.15, -0.1) is 11.3 Å². The Kier molecular flexibility index (Phi) is 5.92. The largest absolute Gasteiger partial charge is 0.326 e. The number of aromatic nitrogens is 3. The van der Waals surface area contributed by atoms with E-state index in [1.807, 2.05) is 66.0 Å². The first-order chi connectivity index (χ1) is 16.1. The van der Waals surface area contributed by atoms with E-state index in [9.17, 15) is 4.39 Å². The molecule has 2 aromatic carbocycles. The molecule has 0 aliphatic rings. The zero-order valence-corrected chi connectivity index (χ0v) is 18.5. The average Bonchev–Trinajstić information content (AvgIpc) is 3.28. The molecule has 3 heterocycles. The Hall–Kier alpha value is -3.52. The third-order valence-electron chi connectivity index (χ3n) is 5.63. The van der Waals surface area contributed by atoms with Crippen LogP contribution < -0.4 is 11.5 Å². The van der Waals surface area contributed by atoms with Crippen molar-refractivity contribution in [3.05, 3.63) is 102 Å². The molecule has 0 aliphatic carbocycles. The van der Waals surface area contributed by atoms with Gasteiger partial charge in [0, 0.05) is 23.2 Å². The zero-order chi connectivity index (χ0) is 22.8. The number of nitrogens with two attached hydrogens (primary N) is 2. The lowest BCUT2D eigenvalue weighted by atomic mass is 9.97. The van der Waals surface area contributed by atoms with Gasteiger partial charge in [-0.05, 0) is 23.6 Å². The summed E-state index contributed by atoms with van der Waals surface area (Å²) < 4.78 is 15.5. The maximum atomic E-state index is 14.6. The smallest absolute Gasteiger partial charge is 0.163 e. The number of hydrogen-bond acceptors (Lipinski definition) is 6. The van der Waals surface area contributed by atoms with Crippen LogP contribution in [0.5, 0.6) is 0 Å². The molecule has 5 nitrogen and oxygen atoms in total. The first kappa shape index (κ1) is 21.3. The summed E-state index contributed by atoms with van der Waals surface area (Å²) in [6.45, 7) is 0. The minimum atomic E-state index is -0.554. The molecule has 33 heavy (non-hydrogen) atoms. The molecular formula is C26H22FN5S. The Morgan fingerprint density at radius 3 is 2.33 bits per heavy atom. The van der Waals surface area contributed by atoms with Gasteiger partial charge in [-0.2, -0.15) is 0 Å². The van der Waals surface area contributed by atoms with Crippen molar-refractivity contribution in [1.82, 2.24) is 15.0 Å². The Labute approximate surface area is 195 Å². The molecule has 5 rings (SSSR count). The minimum Gasteiger partial charge on any atom is -0.326 e. The second-order valence-corrected chi connectivity index (χ2v) is 8.74. The molecule has 0 fully saturated rings. The lowest BCUT2D eigenvalue weighted by Crippen LogP contribution is -2.36. The Morgan fingerprint density at radius 1 is 0.879 bits per heavy atom. The van der Waals surface area contributed by atoms with E-state index >= 15 is 0 Å². The van der Waals surface area contributed by atoms with E-state index in [0.29, 0.717) is 12.1 Å². The number of halogens is 1. The monoisotopic (exact) mass is 455 g/mol. The molecule has 4 N–H and O–H groups in total. The quantitative estimate of drug-likeness (QED) is 0.370. The van der Waals surface area contributed by atoms with E-state index in [4.69, 9.17) is 21.4 Å². The maximum absolute atomic E-state index is 14.6. The van der Waals surface area contributed by atoms with E-state index in [1.54, 1.807) is 6.07 Å². The van der Waals surface area contributed by atoms with Crippen molar-refractivity contribution in [1.29, 1.82) is 0 Å². The van der Waals surface area contributed by atoms with Crippen molar-refractivity contribution in [2.24, 2.45) is 11.5 Å². The van der Waals surface area contributed by atoms with Crippen molar-refractivity contribution in [2.45, 2.75) is 18.5 Å².